The van der Waals surface area contributed by atoms with E-state index in [0.717, 1.165) is 23.4 Å². The van der Waals surface area contributed by atoms with Gasteiger partial charge in [-0.25, -0.2) is 0 Å². The van der Waals surface area contributed by atoms with Crippen LogP contribution in [0.1, 0.15) is 16.7 Å². The summed E-state index contributed by atoms with van der Waals surface area (Å²) in [6, 6.07) is 16.0. The van der Waals surface area contributed by atoms with Gasteiger partial charge in [-0.1, -0.05) is 60.4 Å². The van der Waals surface area contributed by atoms with Crippen molar-refractivity contribution in [1.82, 2.24) is 4.90 Å². The molecule has 1 fully saturated rings. The first kappa shape index (κ1) is 26.2. The Bertz CT molecular complexity index is 1410. The second kappa shape index (κ2) is 10.6. The number of benzene rings is 3. The van der Waals surface area contributed by atoms with Crippen LogP contribution < -0.4 is 9.47 Å². The number of nitrogens with zero attached hydrogens (tertiary/aromatic N) is 2. The van der Waals surface area contributed by atoms with Crippen LogP contribution in [0.2, 0.25) is 0 Å². The van der Waals surface area contributed by atoms with Gasteiger partial charge in [-0.05, 0) is 41.5 Å². The number of hydrogen-bond acceptors (Lipinski definition) is 7. The number of thioether (sulfide) groups is 1. The van der Waals surface area contributed by atoms with E-state index in [1.807, 2.05) is 30.3 Å². The van der Waals surface area contributed by atoms with Gasteiger partial charge in [-0.2, -0.15) is 13.2 Å². The molecule has 37 heavy (non-hydrogen) atoms. The SMILES string of the molecule is COc1cc(/C=C2\SC(=S)N(Cc3ccccc3)C2=O)ccc1Oc1ccc(C(F)(F)F)cc1[N+](=O)[O-]. The Balaban J connectivity index is 1.58. The summed E-state index contributed by atoms with van der Waals surface area (Å²) in [5, 5.41) is 11.4. The molecule has 1 amide bonds. The summed E-state index contributed by atoms with van der Waals surface area (Å²) in [5.74, 6) is -0.439. The zero-order valence-corrected chi connectivity index (χ0v) is 20.7. The quantitative estimate of drug-likeness (QED) is 0.139. The molecule has 12 heteroatoms. The van der Waals surface area contributed by atoms with E-state index in [9.17, 15) is 28.1 Å². The first-order valence-corrected chi connectivity index (χ1v) is 11.8. The summed E-state index contributed by atoms with van der Waals surface area (Å²) >= 11 is 6.53. The lowest BCUT2D eigenvalue weighted by molar-refractivity contribution is -0.385. The maximum atomic E-state index is 13.0. The highest BCUT2D eigenvalue weighted by Gasteiger charge is 2.34. The zero-order chi connectivity index (χ0) is 26.7. The zero-order valence-electron chi connectivity index (χ0n) is 19.0. The second-order valence-electron chi connectivity index (χ2n) is 7.70. The number of alkyl halides is 3. The number of carbonyl (C=O) groups excluding carboxylic acids is 1. The van der Waals surface area contributed by atoms with E-state index < -0.39 is 22.4 Å². The Labute approximate surface area is 218 Å². The van der Waals surface area contributed by atoms with Gasteiger partial charge in [0.15, 0.2) is 11.5 Å². The van der Waals surface area contributed by atoms with Crippen LogP contribution >= 0.6 is 24.0 Å². The lowest BCUT2D eigenvalue weighted by Crippen LogP contribution is -2.27. The number of methoxy groups -OCH3 is 1. The van der Waals surface area contributed by atoms with E-state index in [-0.39, 0.29) is 23.2 Å². The number of hydrogen-bond donors (Lipinski definition) is 0. The molecule has 4 rings (SSSR count). The number of nitro benzene ring substituents is 1. The molecule has 7 nitrogen and oxygen atoms in total. The predicted molar refractivity (Wildman–Crippen MR) is 136 cm³/mol. The summed E-state index contributed by atoms with van der Waals surface area (Å²) < 4.78 is 50.2. The number of rotatable bonds is 7. The minimum Gasteiger partial charge on any atom is -0.493 e. The first-order valence-electron chi connectivity index (χ1n) is 10.6. The van der Waals surface area contributed by atoms with Crippen LogP contribution in [0.25, 0.3) is 6.08 Å². The van der Waals surface area contributed by atoms with Crippen LogP contribution in [0.15, 0.2) is 71.6 Å². The largest absolute Gasteiger partial charge is 0.493 e. The average molecular weight is 547 g/mol. The third-order valence-corrected chi connectivity index (χ3v) is 6.62. The number of halogens is 3. The first-order chi connectivity index (χ1) is 17.6. The fourth-order valence-corrected chi connectivity index (χ4v) is 4.71. The third kappa shape index (κ3) is 5.92. The van der Waals surface area contributed by atoms with Crippen LogP contribution in [-0.4, -0.2) is 27.2 Å². The van der Waals surface area contributed by atoms with Gasteiger partial charge >= 0.3 is 11.9 Å². The summed E-state index contributed by atoms with van der Waals surface area (Å²) in [6.07, 6.45) is -3.12. The maximum absolute atomic E-state index is 13.0. The van der Waals surface area contributed by atoms with Crippen molar-refractivity contribution in [3.05, 3.63) is 98.4 Å². The van der Waals surface area contributed by atoms with Crippen molar-refractivity contribution < 1.29 is 32.4 Å². The molecule has 3 aromatic rings. The molecule has 0 aromatic heterocycles. The van der Waals surface area contributed by atoms with Crippen LogP contribution in [0.4, 0.5) is 18.9 Å². The molecule has 1 saturated heterocycles. The van der Waals surface area contributed by atoms with Gasteiger partial charge in [0.2, 0.25) is 5.75 Å². The Hall–Kier alpha value is -3.90. The van der Waals surface area contributed by atoms with E-state index in [1.54, 1.807) is 12.1 Å². The lowest BCUT2D eigenvalue weighted by atomic mass is 10.1. The molecule has 1 aliphatic rings. The highest BCUT2D eigenvalue weighted by molar-refractivity contribution is 8.26. The summed E-state index contributed by atoms with van der Waals surface area (Å²) in [7, 11) is 1.34. The van der Waals surface area contributed by atoms with Crippen molar-refractivity contribution in [2.45, 2.75) is 12.7 Å². The van der Waals surface area contributed by atoms with Gasteiger partial charge in [0.05, 0.1) is 29.0 Å². The van der Waals surface area contributed by atoms with Gasteiger partial charge in [-0.3, -0.25) is 19.8 Å². The van der Waals surface area contributed by atoms with Crippen molar-refractivity contribution in [2.75, 3.05) is 7.11 Å². The number of thiocarbonyl (C=S) groups is 1. The molecule has 0 atom stereocenters. The van der Waals surface area contributed by atoms with Crippen molar-refractivity contribution in [1.29, 1.82) is 0 Å². The Kier molecular flexibility index (Phi) is 7.50. The van der Waals surface area contributed by atoms with Crippen molar-refractivity contribution in [3.63, 3.8) is 0 Å². The van der Waals surface area contributed by atoms with Gasteiger partial charge in [0, 0.05) is 6.07 Å². The Morgan fingerprint density at radius 3 is 2.41 bits per heavy atom. The molecule has 0 bridgehead atoms. The highest BCUT2D eigenvalue weighted by Crippen LogP contribution is 2.41. The molecular formula is C25H17F3N2O5S2. The van der Waals surface area contributed by atoms with Crippen molar-refractivity contribution in [3.8, 4) is 17.2 Å². The molecule has 1 heterocycles. The minimum atomic E-state index is -4.75. The number of nitro groups is 1. The van der Waals surface area contributed by atoms with Crippen LogP contribution in [0.5, 0.6) is 17.2 Å². The molecule has 190 valence electrons. The molecule has 0 spiro atoms. The van der Waals surface area contributed by atoms with E-state index in [2.05, 4.69) is 0 Å². The average Bonchev–Trinajstić information content (AvgIpc) is 3.12. The van der Waals surface area contributed by atoms with Crippen LogP contribution in [-0.2, 0) is 17.5 Å². The van der Waals surface area contributed by atoms with Crippen molar-refractivity contribution in [2.24, 2.45) is 0 Å². The van der Waals surface area contributed by atoms with Gasteiger partial charge in [0.25, 0.3) is 5.91 Å². The standard InChI is InChI=1S/C25H17F3N2O5S2/c1-34-21-11-16(12-22-23(31)29(24(36)37-22)14-15-5-3-2-4-6-15)7-9-20(21)35-19-10-8-17(25(26,27)28)13-18(19)30(32)33/h2-13H,14H2,1H3/b22-12-. The maximum Gasteiger partial charge on any atom is 0.416 e. The molecule has 0 unspecified atom stereocenters. The normalized spacial score (nSPS) is 14.8. The number of ether oxygens (including phenoxy) is 2. The Morgan fingerprint density at radius 2 is 1.76 bits per heavy atom. The fourth-order valence-electron chi connectivity index (χ4n) is 3.45. The molecule has 0 aliphatic carbocycles. The third-order valence-electron chi connectivity index (χ3n) is 5.25. The van der Waals surface area contributed by atoms with Crippen LogP contribution in [0, 0.1) is 10.1 Å². The van der Waals surface area contributed by atoms with Gasteiger partial charge < -0.3 is 9.47 Å². The second-order valence-corrected chi connectivity index (χ2v) is 9.38. The minimum absolute atomic E-state index is 0.0409. The molecule has 0 radical (unpaired) electrons. The van der Waals surface area contributed by atoms with E-state index in [4.69, 9.17) is 21.7 Å². The van der Waals surface area contributed by atoms with E-state index in [0.29, 0.717) is 33.5 Å². The predicted octanol–water partition coefficient (Wildman–Crippen LogP) is 6.82. The highest BCUT2D eigenvalue weighted by atomic mass is 32.2. The smallest absolute Gasteiger partial charge is 0.416 e. The molecule has 0 N–H and O–H groups in total. The monoisotopic (exact) mass is 546 g/mol. The van der Waals surface area contributed by atoms with Gasteiger partial charge in [0.1, 0.15) is 4.32 Å². The van der Waals surface area contributed by atoms with Crippen molar-refractivity contribution >= 4 is 46.0 Å². The molecule has 3 aromatic carbocycles. The van der Waals surface area contributed by atoms with E-state index >= 15 is 0 Å². The lowest BCUT2D eigenvalue weighted by Gasteiger charge is -2.14. The Morgan fingerprint density at radius 1 is 1.05 bits per heavy atom. The van der Waals surface area contributed by atoms with E-state index in [1.165, 1.54) is 24.1 Å². The summed E-state index contributed by atoms with van der Waals surface area (Å²) in [6.45, 7) is 0.338. The topological polar surface area (TPSA) is 81.9 Å². The molecular weight excluding hydrogens is 529 g/mol. The van der Waals surface area contributed by atoms with Crippen LogP contribution in [0.3, 0.4) is 0 Å². The number of carbonyl (C=O) groups is 1. The summed E-state index contributed by atoms with van der Waals surface area (Å²) in [4.78, 5) is 25.2. The number of amides is 1. The molecule has 0 saturated carbocycles. The fraction of sp³-hybridized carbons (Fsp3) is 0.120. The van der Waals surface area contributed by atoms with Gasteiger partial charge in [-0.15, -0.1) is 0 Å². The molecule has 1 aliphatic heterocycles. The summed E-state index contributed by atoms with van der Waals surface area (Å²) in [5.41, 5.74) is -0.520.